The molecule has 0 bridgehead atoms. The summed E-state index contributed by atoms with van der Waals surface area (Å²) in [5, 5.41) is 2.71. The van der Waals surface area contributed by atoms with Gasteiger partial charge in [-0.2, -0.15) is 0 Å². The zero-order chi connectivity index (χ0) is 12.5. The lowest BCUT2D eigenvalue weighted by atomic mass is 10.1. The van der Waals surface area contributed by atoms with Gasteiger partial charge in [0, 0.05) is 28.6 Å². The second kappa shape index (κ2) is 4.62. The highest BCUT2D eigenvalue weighted by Gasteiger charge is 2.24. The summed E-state index contributed by atoms with van der Waals surface area (Å²) in [6.45, 7) is 0. The maximum absolute atomic E-state index is 11.3. The van der Waals surface area contributed by atoms with Crippen molar-refractivity contribution in [2.75, 3.05) is 0 Å². The van der Waals surface area contributed by atoms with Gasteiger partial charge in [-0.3, -0.25) is 4.79 Å². The highest BCUT2D eigenvalue weighted by atomic mass is 35.5. The molecule has 92 valence electrons. The van der Waals surface area contributed by atoms with Crippen LogP contribution in [0, 0.1) is 0 Å². The lowest BCUT2D eigenvalue weighted by molar-refractivity contribution is -0.117. The number of benzene rings is 2. The normalized spacial score (nSPS) is 19.4. The molecule has 0 radical (unpaired) electrons. The minimum Gasteiger partial charge on any atom is -0.489 e. The van der Waals surface area contributed by atoms with E-state index in [0.29, 0.717) is 18.6 Å². The van der Waals surface area contributed by atoms with Gasteiger partial charge in [-0.1, -0.05) is 35.9 Å². The van der Waals surface area contributed by atoms with Gasteiger partial charge < -0.3 is 4.74 Å². The minimum atomic E-state index is 0.0158. The maximum Gasteiger partial charge on any atom is 0.136 e. The van der Waals surface area contributed by atoms with E-state index in [1.807, 2.05) is 36.4 Å². The Balaban J connectivity index is 1.97. The third-order valence-corrected chi connectivity index (χ3v) is 3.65. The van der Waals surface area contributed by atoms with Crippen LogP contribution in [-0.4, -0.2) is 11.9 Å². The fourth-order valence-electron chi connectivity index (χ4n) is 2.40. The molecule has 1 aliphatic carbocycles. The lowest BCUT2D eigenvalue weighted by Gasteiger charge is -2.15. The van der Waals surface area contributed by atoms with Crippen LogP contribution < -0.4 is 4.74 Å². The highest BCUT2D eigenvalue weighted by Crippen LogP contribution is 2.33. The monoisotopic (exact) mass is 260 g/mol. The van der Waals surface area contributed by atoms with Gasteiger partial charge in [0.2, 0.25) is 0 Å². The molecule has 1 saturated carbocycles. The van der Waals surface area contributed by atoms with Gasteiger partial charge in [0.25, 0.3) is 0 Å². The summed E-state index contributed by atoms with van der Waals surface area (Å²) >= 11 is 6.16. The van der Waals surface area contributed by atoms with Gasteiger partial charge in [0.1, 0.15) is 17.6 Å². The molecule has 0 aliphatic heterocycles. The van der Waals surface area contributed by atoms with E-state index >= 15 is 0 Å². The number of hydrogen-bond donors (Lipinski definition) is 0. The number of halogens is 1. The summed E-state index contributed by atoms with van der Waals surface area (Å²) in [5.41, 5.74) is 0. The van der Waals surface area contributed by atoms with E-state index in [2.05, 4.69) is 0 Å². The molecule has 1 atom stereocenters. The molecule has 1 aliphatic rings. The van der Waals surface area contributed by atoms with Crippen LogP contribution >= 0.6 is 11.6 Å². The van der Waals surface area contributed by atoms with Crippen LogP contribution in [0.3, 0.4) is 0 Å². The molecule has 0 amide bonds. The first-order valence-corrected chi connectivity index (χ1v) is 6.47. The third-order valence-electron chi connectivity index (χ3n) is 3.32. The molecule has 1 unspecified atom stereocenters. The Labute approximate surface area is 111 Å². The average Bonchev–Trinajstić information content (AvgIpc) is 2.79. The quantitative estimate of drug-likeness (QED) is 0.816. The maximum atomic E-state index is 11.3. The van der Waals surface area contributed by atoms with Crippen LogP contribution in [0.4, 0.5) is 0 Å². The average molecular weight is 261 g/mol. The molecule has 0 heterocycles. The molecule has 2 aromatic rings. The van der Waals surface area contributed by atoms with Gasteiger partial charge in [0.15, 0.2) is 0 Å². The van der Waals surface area contributed by atoms with E-state index in [4.69, 9.17) is 16.3 Å². The zero-order valence-corrected chi connectivity index (χ0v) is 10.6. The summed E-state index contributed by atoms with van der Waals surface area (Å²) in [7, 11) is 0. The van der Waals surface area contributed by atoms with Gasteiger partial charge in [0.05, 0.1) is 0 Å². The van der Waals surface area contributed by atoms with Crippen molar-refractivity contribution in [2.24, 2.45) is 0 Å². The Hall–Kier alpha value is -1.54. The van der Waals surface area contributed by atoms with Crippen molar-refractivity contribution in [3.05, 3.63) is 41.4 Å². The van der Waals surface area contributed by atoms with Crippen molar-refractivity contribution < 1.29 is 9.53 Å². The Morgan fingerprint density at radius 2 is 1.89 bits per heavy atom. The molecule has 2 nitrogen and oxygen atoms in total. The van der Waals surface area contributed by atoms with Crippen molar-refractivity contribution in [2.45, 2.75) is 25.4 Å². The van der Waals surface area contributed by atoms with Crippen molar-refractivity contribution >= 4 is 28.2 Å². The number of fused-ring (bicyclic) bond motifs is 1. The van der Waals surface area contributed by atoms with E-state index in [9.17, 15) is 4.79 Å². The third kappa shape index (κ3) is 2.08. The SMILES string of the molecule is O=C1CCC(Oc2ccc(Cl)c3ccccc23)C1. The highest BCUT2D eigenvalue weighted by molar-refractivity contribution is 6.35. The molecule has 0 aromatic heterocycles. The molecule has 0 spiro atoms. The largest absolute Gasteiger partial charge is 0.489 e. The second-order valence-corrected chi connectivity index (χ2v) is 5.02. The molecule has 18 heavy (non-hydrogen) atoms. The Morgan fingerprint density at radius 1 is 1.11 bits per heavy atom. The smallest absolute Gasteiger partial charge is 0.136 e. The number of rotatable bonds is 2. The van der Waals surface area contributed by atoms with Crippen molar-refractivity contribution in [1.82, 2.24) is 0 Å². The summed E-state index contributed by atoms with van der Waals surface area (Å²) < 4.78 is 5.93. The van der Waals surface area contributed by atoms with Gasteiger partial charge >= 0.3 is 0 Å². The molecular weight excluding hydrogens is 248 g/mol. The molecule has 3 rings (SSSR count). The number of hydrogen-bond acceptors (Lipinski definition) is 2. The number of carbonyl (C=O) groups excluding carboxylic acids is 1. The van der Waals surface area contributed by atoms with E-state index in [-0.39, 0.29) is 6.10 Å². The van der Waals surface area contributed by atoms with E-state index in [1.165, 1.54) is 0 Å². The molecule has 1 fully saturated rings. The summed E-state index contributed by atoms with van der Waals surface area (Å²) in [5.74, 6) is 1.10. The molecular formula is C15H13ClO2. The number of ether oxygens (including phenoxy) is 1. The van der Waals surface area contributed by atoms with Crippen LogP contribution in [0.15, 0.2) is 36.4 Å². The van der Waals surface area contributed by atoms with Crippen molar-refractivity contribution in [1.29, 1.82) is 0 Å². The van der Waals surface area contributed by atoms with Gasteiger partial charge in [-0.25, -0.2) is 0 Å². The van der Waals surface area contributed by atoms with Gasteiger partial charge in [-0.05, 0) is 18.6 Å². The Kier molecular flexibility index (Phi) is 2.96. The summed E-state index contributed by atoms with van der Waals surface area (Å²) in [4.78, 5) is 11.3. The summed E-state index contributed by atoms with van der Waals surface area (Å²) in [6, 6.07) is 11.6. The van der Waals surface area contributed by atoms with Crippen LogP contribution in [0.2, 0.25) is 5.02 Å². The molecule has 3 heteroatoms. The first-order chi connectivity index (χ1) is 8.74. The zero-order valence-electron chi connectivity index (χ0n) is 9.86. The van der Waals surface area contributed by atoms with E-state index < -0.39 is 0 Å². The lowest BCUT2D eigenvalue weighted by Crippen LogP contribution is -2.12. The molecule has 0 saturated heterocycles. The standard InChI is InChI=1S/C15H13ClO2/c16-14-7-8-15(13-4-2-1-3-12(13)14)18-11-6-5-10(17)9-11/h1-4,7-8,11H,5-6,9H2. The van der Waals surface area contributed by atoms with E-state index in [1.54, 1.807) is 0 Å². The minimum absolute atomic E-state index is 0.0158. The number of carbonyl (C=O) groups is 1. The topological polar surface area (TPSA) is 26.3 Å². The first kappa shape index (κ1) is 11.5. The van der Waals surface area contributed by atoms with Crippen LogP contribution in [-0.2, 0) is 4.79 Å². The predicted molar refractivity (Wildman–Crippen MR) is 72.2 cm³/mol. The Morgan fingerprint density at radius 3 is 2.61 bits per heavy atom. The molecule has 2 aromatic carbocycles. The van der Waals surface area contributed by atoms with Crippen LogP contribution in [0.1, 0.15) is 19.3 Å². The van der Waals surface area contributed by atoms with Crippen LogP contribution in [0.25, 0.3) is 10.8 Å². The number of ketones is 1. The predicted octanol–water partition coefficient (Wildman–Crippen LogP) is 3.99. The fourth-order valence-corrected chi connectivity index (χ4v) is 2.63. The summed E-state index contributed by atoms with van der Waals surface area (Å²) in [6.07, 6.45) is 1.99. The first-order valence-electron chi connectivity index (χ1n) is 6.09. The second-order valence-electron chi connectivity index (χ2n) is 4.61. The van der Waals surface area contributed by atoms with E-state index in [0.717, 1.165) is 28.0 Å². The fraction of sp³-hybridized carbons (Fsp3) is 0.267. The Bertz CT molecular complexity index is 606. The van der Waals surface area contributed by atoms with Crippen molar-refractivity contribution in [3.8, 4) is 5.75 Å². The van der Waals surface area contributed by atoms with Crippen LogP contribution in [0.5, 0.6) is 5.75 Å². The van der Waals surface area contributed by atoms with Crippen molar-refractivity contribution in [3.63, 3.8) is 0 Å². The molecule has 0 N–H and O–H groups in total. The van der Waals surface area contributed by atoms with Gasteiger partial charge in [-0.15, -0.1) is 0 Å². The number of Topliss-reactive ketones (excluding diaryl/α,β-unsaturated/α-hetero) is 1.